The number of benzene rings is 1. The second-order valence-electron chi connectivity index (χ2n) is 12.7. The largest absolute Gasteiger partial charge is 0.480 e. The number of aliphatic hydroxyl groups excluding tert-OH is 1. The number of nitrogens with zero attached hydrogens (tertiary/aromatic N) is 1. The van der Waals surface area contributed by atoms with Crippen LogP contribution in [-0.2, 0) is 30.4 Å². The molecule has 51 heavy (non-hydrogen) atoms. The highest BCUT2D eigenvalue weighted by atomic mass is 32.2. The number of H-pyrrole nitrogens is 1. The highest BCUT2D eigenvalue weighted by Crippen LogP contribution is 2.31. The Morgan fingerprint density at radius 1 is 0.961 bits per heavy atom. The summed E-state index contributed by atoms with van der Waals surface area (Å²) in [4.78, 5) is 87.6. The molecular formula is C34H44N8O8S. The van der Waals surface area contributed by atoms with Crippen LogP contribution >= 0.6 is 11.8 Å². The van der Waals surface area contributed by atoms with Crippen LogP contribution in [-0.4, -0.2) is 105 Å². The lowest BCUT2D eigenvalue weighted by molar-refractivity contribution is -0.142. The molecule has 9 N–H and O–H groups in total. The summed E-state index contributed by atoms with van der Waals surface area (Å²) in [7, 11) is 1.60. The predicted molar refractivity (Wildman–Crippen MR) is 190 cm³/mol. The second-order valence-corrected chi connectivity index (χ2v) is 13.7. The lowest BCUT2D eigenvalue weighted by Gasteiger charge is -2.27. The van der Waals surface area contributed by atoms with Gasteiger partial charge in [-0.2, -0.15) is 0 Å². The Labute approximate surface area is 298 Å². The predicted octanol–water partition coefficient (Wildman–Crippen LogP) is 0.522. The zero-order chi connectivity index (χ0) is 37.4. The molecule has 3 aromatic rings. The van der Waals surface area contributed by atoms with Crippen molar-refractivity contribution >= 4 is 64.0 Å². The highest BCUT2D eigenvalue weighted by molar-refractivity contribution is 7.99. The van der Waals surface area contributed by atoms with Gasteiger partial charge in [0.15, 0.2) is 0 Å². The van der Waals surface area contributed by atoms with Gasteiger partial charge in [-0.3, -0.25) is 24.0 Å². The normalized spacial score (nSPS) is 23.1. The number of pyridine rings is 1. The Morgan fingerprint density at radius 3 is 2.35 bits per heavy atom. The minimum Gasteiger partial charge on any atom is -0.480 e. The third kappa shape index (κ3) is 9.76. The zero-order valence-electron chi connectivity index (χ0n) is 28.9. The van der Waals surface area contributed by atoms with Gasteiger partial charge < -0.3 is 47.1 Å². The third-order valence-electron chi connectivity index (χ3n) is 8.26. The number of anilines is 1. The van der Waals surface area contributed by atoms with Gasteiger partial charge in [-0.25, -0.2) is 9.78 Å². The molecule has 0 spiro atoms. The molecule has 0 aliphatic carbocycles. The van der Waals surface area contributed by atoms with E-state index in [-0.39, 0.29) is 35.9 Å². The molecule has 5 amide bonds. The second kappa shape index (κ2) is 17.2. The van der Waals surface area contributed by atoms with Crippen LogP contribution < -0.4 is 31.9 Å². The van der Waals surface area contributed by atoms with Gasteiger partial charge in [-0.1, -0.05) is 32.0 Å². The van der Waals surface area contributed by atoms with Gasteiger partial charge in [-0.15, -0.1) is 11.8 Å². The molecule has 4 rings (SSSR count). The van der Waals surface area contributed by atoms with E-state index in [9.17, 15) is 39.0 Å². The number of hydrogen-bond donors (Lipinski definition) is 9. The zero-order valence-corrected chi connectivity index (χ0v) is 29.7. The van der Waals surface area contributed by atoms with E-state index in [1.54, 1.807) is 37.4 Å². The molecular weight excluding hydrogens is 680 g/mol. The van der Waals surface area contributed by atoms with Crippen LogP contribution in [0.4, 0.5) is 5.82 Å². The van der Waals surface area contributed by atoms with E-state index in [1.165, 1.54) is 20.0 Å². The van der Waals surface area contributed by atoms with Gasteiger partial charge in [0.1, 0.15) is 36.0 Å². The Hall–Kier alpha value is -5.16. The van der Waals surface area contributed by atoms with Crippen LogP contribution in [0.25, 0.3) is 10.9 Å². The molecule has 1 aliphatic heterocycles. The van der Waals surface area contributed by atoms with E-state index in [0.29, 0.717) is 21.5 Å². The average molecular weight is 725 g/mol. The van der Waals surface area contributed by atoms with Crippen LogP contribution in [0, 0.1) is 5.92 Å². The minimum atomic E-state index is -1.54. The van der Waals surface area contributed by atoms with Crippen LogP contribution in [0.1, 0.15) is 50.0 Å². The van der Waals surface area contributed by atoms with E-state index in [4.69, 9.17) is 0 Å². The number of aliphatic hydroxyl groups is 1. The number of nitrogens with one attached hydrogen (secondary N) is 7. The molecule has 3 heterocycles. The molecule has 0 radical (unpaired) electrons. The number of carbonyl (C=O) groups excluding carboxylic acids is 5. The van der Waals surface area contributed by atoms with E-state index in [2.05, 4.69) is 41.9 Å². The van der Waals surface area contributed by atoms with Crippen molar-refractivity contribution in [1.29, 1.82) is 0 Å². The Balaban J connectivity index is 1.82. The number of hydrogen-bond acceptors (Lipinski definition) is 10. The molecule has 0 fully saturated rings. The first-order valence-electron chi connectivity index (χ1n) is 16.5. The molecule has 274 valence electrons. The lowest BCUT2D eigenvalue weighted by Crippen LogP contribution is -2.60. The van der Waals surface area contributed by atoms with E-state index >= 15 is 0 Å². The summed E-state index contributed by atoms with van der Waals surface area (Å²) in [6.07, 6.45) is 0.195. The monoisotopic (exact) mass is 724 g/mol. The highest BCUT2D eigenvalue weighted by Gasteiger charge is 2.34. The van der Waals surface area contributed by atoms with Gasteiger partial charge in [0.05, 0.1) is 16.7 Å². The number of amides is 5. The van der Waals surface area contributed by atoms with Gasteiger partial charge >= 0.3 is 5.97 Å². The molecule has 0 saturated heterocycles. The van der Waals surface area contributed by atoms with Crippen LogP contribution in [0.15, 0.2) is 47.6 Å². The van der Waals surface area contributed by atoms with Gasteiger partial charge in [0.2, 0.25) is 23.6 Å². The minimum absolute atomic E-state index is 0.0771. The molecule has 2 aromatic heterocycles. The maximum Gasteiger partial charge on any atom is 0.327 e. The summed E-state index contributed by atoms with van der Waals surface area (Å²) in [5, 5.41) is 37.3. The molecule has 0 bridgehead atoms. The number of carboxylic acid groups (broad SMARTS) is 1. The lowest BCUT2D eigenvalue weighted by atomic mass is 10.00. The van der Waals surface area contributed by atoms with E-state index in [1.807, 2.05) is 19.9 Å². The number of aromatic amines is 1. The number of thioether (sulfide) groups is 1. The number of rotatable bonds is 7. The molecule has 1 aromatic carbocycles. The van der Waals surface area contributed by atoms with Crippen molar-refractivity contribution in [2.24, 2.45) is 5.92 Å². The van der Waals surface area contributed by atoms with Gasteiger partial charge in [-0.05, 0) is 49.9 Å². The first kappa shape index (κ1) is 38.6. The fourth-order valence-corrected chi connectivity index (χ4v) is 6.69. The van der Waals surface area contributed by atoms with Crippen molar-refractivity contribution in [2.75, 3.05) is 18.1 Å². The molecule has 16 nitrogen and oxygen atoms in total. The first-order chi connectivity index (χ1) is 24.2. The van der Waals surface area contributed by atoms with Gasteiger partial charge in [0, 0.05) is 36.3 Å². The van der Waals surface area contributed by atoms with Crippen molar-refractivity contribution in [2.45, 2.75) is 81.9 Å². The first-order valence-corrected chi connectivity index (χ1v) is 17.5. The van der Waals surface area contributed by atoms with Crippen LogP contribution in [0.2, 0.25) is 0 Å². The number of aromatic nitrogens is 2. The summed E-state index contributed by atoms with van der Waals surface area (Å²) in [5.41, 5.74) is 1.43. The SMILES string of the molecule is CNc1ncccc1C(=O)N[C@H]1Cc2c([nH]c3ccccc23)SC[C@@H](C(=O)O)NC(=O)[C@H]([C@@H](C)O)NC(=O)[C@@H](C)NC(=O)[C@H](CC(C)C)NC1=O. The third-order valence-corrected chi connectivity index (χ3v) is 9.39. The molecule has 1 aliphatic rings. The fraction of sp³-hybridized carbons (Fsp3) is 0.441. The van der Waals surface area contributed by atoms with Crippen molar-refractivity contribution in [1.82, 2.24) is 36.6 Å². The Morgan fingerprint density at radius 2 is 1.69 bits per heavy atom. The average Bonchev–Trinajstić information content (AvgIpc) is 3.43. The Kier molecular flexibility index (Phi) is 13.0. The summed E-state index contributed by atoms with van der Waals surface area (Å²) in [6, 6.07) is 3.75. The van der Waals surface area contributed by atoms with Crippen molar-refractivity contribution in [3.05, 3.63) is 53.7 Å². The molecule has 17 heteroatoms. The smallest absolute Gasteiger partial charge is 0.327 e. The summed E-state index contributed by atoms with van der Waals surface area (Å²) >= 11 is 1.07. The number of carboxylic acids is 1. The number of fused-ring (bicyclic) bond motifs is 3. The fourth-order valence-electron chi connectivity index (χ4n) is 5.58. The van der Waals surface area contributed by atoms with E-state index in [0.717, 1.165) is 11.8 Å². The van der Waals surface area contributed by atoms with Crippen LogP contribution in [0.3, 0.4) is 0 Å². The number of aliphatic carboxylic acids is 1. The Bertz CT molecular complexity index is 1780. The summed E-state index contributed by atoms with van der Waals surface area (Å²) in [5.74, 6) is -5.09. The summed E-state index contributed by atoms with van der Waals surface area (Å²) in [6.45, 7) is 6.34. The van der Waals surface area contributed by atoms with Crippen molar-refractivity contribution in [3.8, 4) is 0 Å². The van der Waals surface area contributed by atoms with Crippen molar-refractivity contribution < 1.29 is 39.0 Å². The number of para-hydroxylation sites is 1. The quantitative estimate of drug-likeness (QED) is 0.163. The maximum atomic E-state index is 14.2. The molecule has 0 unspecified atom stereocenters. The van der Waals surface area contributed by atoms with Gasteiger partial charge in [0.25, 0.3) is 5.91 Å². The topological polar surface area (TPSA) is 244 Å². The standard InChI is InChI=1S/C34H44N8O8S/c1-16(2)13-23-30(46)37-17(3)28(44)42-26(18(4)43)32(48)40-25(34(49)50)15-51-33-21(19-9-6-7-11-22(19)41-33)14-24(31(47)39-23)38-29(45)20-10-8-12-36-27(20)35-5/h6-12,16-18,23-26,41,43H,13-15H2,1-5H3,(H,35,36)(H,37,46)(H,38,45)(H,39,47)(H,40,48)(H,42,44)(H,49,50)/t17-,18-,23+,24+,25+,26+/m1/s1. The number of carbonyl (C=O) groups is 6. The van der Waals surface area contributed by atoms with E-state index < -0.39 is 71.8 Å². The van der Waals surface area contributed by atoms with Crippen molar-refractivity contribution in [3.63, 3.8) is 0 Å². The molecule has 0 saturated carbocycles. The summed E-state index contributed by atoms with van der Waals surface area (Å²) < 4.78 is 0. The van der Waals surface area contributed by atoms with Crippen LogP contribution in [0.5, 0.6) is 0 Å². The maximum absolute atomic E-state index is 14.2. The molecule has 6 atom stereocenters.